The highest BCUT2D eigenvalue weighted by molar-refractivity contribution is 5.93. The molecule has 0 unspecified atom stereocenters. The first kappa shape index (κ1) is 10.4. The molecule has 0 radical (unpaired) electrons. The van der Waals surface area contributed by atoms with E-state index < -0.39 is 5.97 Å². The van der Waals surface area contributed by atoms with Gasteiger partial charge in [0, 0.05) is 6.42 Å². The number of nitrogens with zero attached hydrogens (tertiary/aromatic N) is 2. The zero-order valence-corrected chi connectivity index (χ0v) is 8.42. The van der Waals surface area contributed by atoms with Crippen LogP contribution >= 0.6 is 0 Å². The molecule has 0 amide bonds. The maximum absolute atomic E-state index is 10.9. The fraction of sp³-hybridized carbons (Fsp3) is 0.200. The molecular formula is C10H11N3O3. The predicted molar refractivity (Wildman–Crippen MR) is 56.6 cm³/mol. The van der Waals surface area contributed by atoms with Crippen molar-refractivity contribution < 1.29 is 15.0 Å². The summed E-state index contributed by atoms with van der Waals surface area (Å²) in [6.45, 7) is 0.369. The van der Waals surface area contributed by atoms with Gasteiger partial charge in [-0.2, -0.15) is 0 Å². The minimum atomic E-state index is -1.09. The van der Waals surface area contributed by atoms with Gasteiger partial charge in [0.15, 0.2) is 5.69 Å². The third-order valence-electron chi connectivity index (χ3n) is 2.26. The molecule has 84 valence electrons. The highest BCUT2D eigenvalue weighted by Crippen LogP contribution is 2.18. The van der Waals surface area contributed by atoms with Crippen LogP contribution in [-0.2, 0) is 6.42 Å². The van der Waals surface area contributed by atoms with Crippen molar-refractivity contribution in [2.24, 2.45) is 5.73 Å². The van der Waals surface area contributed by atoms with Gasteiger partial charge in [-0.1, -0.05) is 0 Å². The Hall–Kier alpha value is -2.08. The van der Waals surface area contributed by atoms with Crippen LogP contribution in [0.1, 0.15) is 16.3 Å². The first-order chi connectivity index (χ1) is 7.63. The molecule has 2 heterocycles. The van der Waals surface area contributed by atoms with E-state index in [0.29, 0.717) is 24.3 Å². The quantitative estimate of drug-likeness (QED) is 0.689. The highest BCUT2D eigenvalue weighted by atomic mass is 16.4. The van der Waals surface area contributed by atoms with Crippen molar-refractivity contribution in [1.29, 1.82) is 0 Å². The van der Waals surface area contributed by atoms with Gasteiger partial charge in [0.2, 0.25) is 0 Å². The lowest BCUT2D eigenvalue weighted by Gasteiger charge is -1.99. The summed E-state index contributed by atoms with van der Waals surface area (Å²) in [7, 11) is 0. The first-order valence-corrected chi connectivity index (χ1v) is 4.77. The van der Waals surface area contributed by atoms with Gasteiger partial charge in [-0.15, -0.1) is 0 Å². The van der Waals surface area contributed by atoms with Crippen molar-refractivity contribution in [3.05, 3.63) is 29.8 Å². The number of rotatable bonds is 3. The molecule has 0 bridgehead atoms. The first-order valence-electron chi connectivity index (χ1n) is 4.77. The summed E-state index contributed by atoms with van der Waals surface area (Å²) in [5.74, 6) is -0.502. The molecule has 0 fully saturated rings. The van der Waals surface area contributed by atoms with Crippen LogP contribution in [0.4, 0.5) is 0 Å². The largest absolute Gasteiger partial charge is 0.506 e. The molecule has 0 spiro atoms. The number of aromatic hydroxyl groups is 1. The Kier molecular flexibility index (Phi) is 2.49. The Morgan fingerprint density at radius 1 is 1.50 bits per heavy atom. The number of nitrogens with two attached hydrogens (primary N) is 1. The molecule has 4 N–H and O–H groups in total. The van der Waals surface area contributed by atoms with E-state index >= 15 is 0 Å². The van der Waals surface area contributed by atoms with Crippen LogP contribution in [0.2, 0.25) is 0 Å². The summed E-state index contributed by atoms with van der Waals surface area (Å²) in [6, 6.07) is 2.95. The van der Waals surface area contributed by atoms with Crippen molar-refractivity contribution in [1.82, 2.24) is 9.38 Å². The average molecular weight is 221 g/mol. The number of hydrogen-bond donors (Lipinski definition) is 3. The minimum Gasteiger partial charge on any atom is -0.506 e. The Morgan fingerprint density at radius 2 is 2.25 bits per heavy atom. The van der Waals surface area contributed by atoms with Crippen molar-refractivity contribution in [2.75, 3.05) is 6.54 Å². The maximum atomic E-state index is 10.9. The van der Waals surface area contributed by atoms with Crippen LogP contribution in [0.3, 0.4) is 0 Å². The predicted octanol–water partition coefficient (Wildman–Crippen LogP) is 0.239. The molecule has 16 heavy (non-hydrogen) atoms. The molecule has 0 aromatic carbocycles. The monoisotopic (exact) mass is 221 g/mol. The van der Waals surface area contributed by atoms with Gasteiger partial charge in [-0.3, -0.25) is 4.40 Å². The molecule has 6 heteroatoms. The van der Waals surface area contributed by atoms with Gasteiger partial charge < -0.3 is 15.9 Å². The molecule has 0 aliphatic rings. The normalized spacial score (nSPS) is 10.8. The fourth-order valence-corrected chi connectivity index (χ4v) is 1.60. The van der Waals surface area contributed by atoms with E-state index in [1.165, 1.54) is 18.3 Å². The molecule has 2 aromatic rings. The van der Waals surface area contributed by atoms with E-state index in [1.54, 1.807) is 4.40 Å². The number of carbonyl (C=O) groups is 1. The second-order valence-corrected chi connectivity index (χ2v) is 3.36. The Balaban J connectivity index is 2.71. The summed E-state index contributed by atoms with van der Waals surface area (Å²) in [5, 5.41) is 18.3. The van der Waals surface area contributed by atoms with Crippen molar-refractivity contribution in [3.63, 3.8) is 0 Å². The van der Waals surface area contributed by atoms with Gasteiger partial charge in [-0.05, 0) is 18.7 Å². The second-order valence-electron chi connectivity index (χ2n) is 3.36. The smallest absolute Gasteiger partial charge is 0.356 e. The maximum Gasteiger partial charge on any atom is 0.356 e. The molecule has 0 atom stereocenters. The summed E-state index contributed by atoms with van der Waals surface area (Å²) in [4.78, 5) is 14.9. The third kappa shape index (κ3) is 1.59. The van der Waals surface area contributed by atoms with Crippen LogP contribution in [-0.4, -0.2) is 32.1 Å². The van der Waals surface area contributed by atoms with E-state index in [4.69, 9.17) is 10.8 Å². The van der Waals surface area contributed by atoms with Crippen molar-refractivity contribution in [2.45, 2.75) is 6.42 Å². The lowest BCUT2D eigenvalue weighted by atomic mass is 10.3. The number of imidazole rings is 1. The number of carboxylic acid groups (broad SMARTS) is 1. The lowest BCUT2D eigenvalue weighted by Crippen LogP contribution is -2.06. The van der Waals surface area contributed by atoms with E-state index in [2.05, 4.69) is 4.98 Å². The van der Waals surface area contributed by atoms with Gasteiger partial charge in [-0.25, -0.2) is 9.78 Å². The summed E-state index contributed by atoms with van der Waals surface area (Å²) >= 11 is 0. The van der Waals surface area contributed by atoms with Gasteiger partial charge in [0.05, 0.1) is 11.7 Å². The fourth-order valence-electron chi connectivity index (χ4n) is 1.60. The number of aromatic nitrogens is 2. The molecule has 6 nitrogen and oxygen atoms in total. The Morgan fingerprint density at radius 3 is 2.88 bits per heavy atom. The molecule has 2 aromatic heterocycles. The molecule has 0 aliphatic carbocycles. The van der Waals surface area contributed by atoms with Crippen molar-refractivity contribution >= 4 is 11.5 Å². The molecule has 2 rings (SSSR count). The zero-order chi connectivity index (χ0) is 11.7. The average Bonchev–Trinajstić information content (AvgIpc) is 2.58. The topological polar surface area (TPSA) is 101 Å². The molecular weight excluding hydrogens is 210 g/mol. The number of aromatic carboxylic acids is 1. The Labute approximate surface area is 91.0 Å². The number of carboxylic acids is 1. The Bertz CT molecular complexity index is 547. The third-order valence-corrected chi connectivity index (χ3v) is 2.26. The number of fused-ring (bicyclic) bond motifs is 1. The van der Waals surface area contributed by atoms with Crippen LogP contribution < -0.4 is 5.73 Å². The number of hydrogen-bond acceptors (Lipinski definition) is 4. The zero-order valence-electron chi connectivity index (χ0n) is 8.42. The SMILES string of the molecule is NCCc1nc(C(=O)O)c2ccc(O)cn12. The van der Waals surface area contributed by atoms with E-state index in [-0.39, 0.29) is 11.4 Å². The lowest BCUT2D eigenvalue weighted by molar-refractivity contribution is 0.0693. The van der Waals surface area contributed by atoms with Crippen LogP contribution in [0.25, 0.3) is 5.52 Å². The standard InChI is InChI=1S/C10H11N3O3/c11-4-3-8-12-9(10(15)16)7-2-1-6(14)5-13(7)8/h1-2,5,14H,3-4,11H2,(H,15,16). The summed E-state index contributed by atoms with van der Waals surface area (Å²) in [5.41, 5.74) is 5.84. The molecule has 0 saturated carbocycles. The van der Waals surface area contributed by atoms with Crippen LogP contribution in [0, 0.1) is 0 Å². The summed E-state index contributed by atoms with van der Waals surface area (Å²) in [6.07, 6.45) is 1.89. The van der Waals surface area contributed by atoms with Gasteiger partial charge in [0.25, 0.3) is 0 Å². The number of pyridine rings is 1. The van der Waals surface area contributed by atoms with E-state index in [1.807, 2.05) is 0 Å². The second kappa shape index (κ2) is 3.82. The minimum absolute atomic E-state index is 0.0246. The van der Waals surface area contributed by atoms with Gasteiger partial charge in [0.1, 0.15) is 11.6 Å². The van der Waals surface area contributed by atoms with Crippen molar-refractivity contribution in [3.8, 4) is 5.75 Å². The molecule has 0 aliphatic heterocycles. The van der Waals surface area contributed by atoms with Crippen LogP contribution in [0.15, 0.2) is 18.3 Å². The van der Waals surface area contributed by atoms with E-state index in [0.717, 1.165) is 0 Å². The van der Waals surface area contributed by atoms with Gasteiger partial charge >= 0.3 is 5.97 Å². The van der Waals surface area contributed by atoms with E-state index in [9.17, 15) is 9.90 Å². The van der Waals surface area contributed by atoms with Crippen LogP contribution in [0.5, 0.6) is 5.75 Å². The molecule has 0 saturated heterocycles. The highest BCUT2D eigenvalue weighted by Gasteiger charge is 2.16. The summed E-state index contributed by atoms with van der Waals surface area (Å²) < 4.78 is 1.55.